The number of carboxylic acids is 1. The second-order valence-electron chi connectivity index (χ2n) is 9.23. The number of hydrogen-bond donors (Lipinski definition) is 3. The lowest BCUT2D eigenvalue weighted by molar-refractivity contribution is -0.137. The summed E-state index contributed by atoms with van der Waals surface area (Å²) in [7, 11) is 0. The third-order valence-electron chi connectivity index (χ3n) is 7.68. The van der Waals surface area contributed by atoms with Crippen molar-refractivity contribution in [3.63, 3.8) is 0 Å². The molecule has 0 aromatic carbocycles. The van der Waals surface area contributed by atoms with E-state index in [-0.39, 0.29) is 35.7 Å². The molecular weight excluding hydrogens is 354 g/mol. The van der Waals surface area contributed by atoms with E-state index in [0.717, 1.165) is 64.2 Å². The first-order valence-electron chi connectivity index (χ1n) is 11.4. The molecule has 5 nitrogen and oxygen atoms in total. The van der Waals surface area contributed by atoms with Crippen LogP contribution in [0, 0.1) is 34.5 Å². The van der Waals surface area contributed by atoms with Crippen LogP contribution >= 0.6 is 0 Å². The van der Waals surface area contributed by atoms with Crippen LogP contribution in [0.25, 0.3) is 0 Å². The molecule has 0 bridgehead atoms. The normalized spacial score (nSPS) is 29.8. The number of unbranched alkanes of at least 4 members (excludes halogenated alkanes) is 3. The molecule has 2 fully saturated rings. The van der Waals surface area contributed by atoms with Crippen LogP contribution in [0.1, 0.15) is 96.8 Å². The Morgan fingerprint density at radius 2 is 1.82 bits per heavy atom. The first-order chi connectivity index (χ1) is 13.4. The first kappa shape index (κ1) is 23.2. The predicted octanol–water partition coefficient (Wildman–Crippen LogP) is 4.66. The molecule has 0 aliphatic heterocycles. The molecule has 2 saturated carbocycles. The fourth-order valence-electron chi connectivity index (χ4n) is 5.58. The van der Waals surface area contributed by atoms with Crippen molar-refractivity contribution in [2.75, 3.05) is 0 Å². The van der Waals surface area contributed by atoms with Crippen LogP contribution in [0.2, 0.25) is 0 Å². The van der Waals surface area contributed by atoms with E-state index in [9.17, 15) is 20.3 Å². The molecule has 0 aromatic heterocycles. The maximum absolute atomic E-state index is 10.6. The third kappa shape index (κ3) is 5.94. The van der Waals surface area contributed by atoms with Gasteiger partial charge in [0, 0.05) is 6.42 Å². The highest BCUT2D eigenvalue weighted by Crippen LogP contribution is 2.48. The Kier molecular flexibility index (Phi) is 9.24. The summed E-state index contributed by atoms with van der Waals surface area (Å²) in [6, 6.07) is 2.41. The van der Waals surface area contributed by atoms with E-state index in [2.05, 4.69) is 13.0 Å². The van der Waals surface area contributed by atoms with Gasteiger partial charge in [0.1, 0.15) is 0 Å². The van der Waals surface area contributed by atoms with Gasteiger partial charge in [-0.15, -0.1) is 0 Å². The minimum atomic E-state index is -0.738. The molecule has 0 saturated heterocycles. The van der Waals surface area contributed by atoms with Crippen LogP contribution in [0.15, 0.2) is 0 Å². The highest BCUT2D eigenvalue weighted by atomic mass is 16.4. The summed E-state index contributed by atoms with van der Waals surface area (Å²) in [6.45, 7) is 2.17. The summed E-state index contributed by atoms with van der Waals surface area (Å²) in [5.41, 5.74) is 0.138. The number of carbonyl (C=O) groups is 1. The Balaban J connectivity index is 1.76. The lowest BCUT2D eigenvalue weighted by atomic mass is 9.62. The molecule has 5 atom stereocenters. The minimum absolute atomic E-state index is 0.0717. The molecule has 0 spiro atoms. The van der Waals surface area contributed by atoms with Gasteiger partial charge in [0.15, 0.2) is 0 Å². The maximum Gasteiger partial charge on any atom is 0.303 e. The predicted molar refractivity (Wildman–Crippen MR) is 108 cm³/mol. The largest absolute Gasteiger partial charge is 0.481 e. The van der Waals surface area contributed by atoms with E-state index in [1.165, 1.54) is 6.42 Å². The van der Waals surface area contributed by atoms with Gasteiger partial charge in [-0.1, -0.05) is 39.0 Å². The average molecular weight is 394 g/mol. The van der Waals surface area contributed by atoms with Gasteiger partial charge in [-0.3, -0.25) is 4.79 Å². The van der Waals surface area contributed by atoms with Crippen LogP contribution < -0.4 is 0 Å². The molecule has 0 aromatic rings. The molecule has 28 heavy (non-hydrogen) atoms. The summed E-state index contributed by atoms with van der Waals surface area (Å²) in [6.07, 6.45) is 11.9. The Bertz CT molecular complexity index is 520. The third-order valence-corrected chi connectivity index (χ3v) is 7.68. The fourth-order valence-corrected chi connectivity index (χ4v) is 5.58. The van der Waals surface area contributed by atoms with Gasteiger partial charge in [-0.05, 0) is 68.6 Å². The summed E-state index contributed by atoms with van der Waals surface area (Å²) < 4.78 is 0. The average Bonchev–Trinajstić information content (AvgIpc) is 2.92. The molecule has 2 aliphatic carbocycles. The standard InChI is InChI=1S/C23H39NO4/c1-2-23(13-8-14-23)21(26)11-7-10-19-18(17(16-24)15-20(19)25)9-5-3-4-6-12-22(27)28/h17-21,25-26H,2-15H2,1H3,(H,27,28)/t17?,18-,19+,20+,21?/m0/s1. The van der Waals surface area contributed by atoms with Crippen molar-refractivity contribution in [3.05, 3.63) is 0 Å². The summed E-state index contributed by atoms with van der Waals surface area (Å²) in [5, 5.41) is 39.3. The highest BCUT2D eigenvalue weighted by Gasteiger charge is 2.43. The van der Waals surface area contributed by atoms with Gasteiger partial charge in [0.2, 0.25) is 0 Å². The van der Waals surface area contributed by atoms with Gasteiger partial charge >= 0.3 is 5.97 Å². The fraction of sp³-hybridized carbons (Fsp3) is 0.913. The van der Waals surface area contributed by atoms with E-state index in [1.54, 1.807) is 0 Å². The first-order valence-corrected chi connectivity index (χ1v) is 11.4. The second kappa shape index (κ2) is 11.2. The van der Waals surface area contributed by atoms with Crippen molar-refractivity contribution >= 4 is 5.97 Å². The lowest BCUT2D eigenvalue weighted by Crippen LogP contribution is -2.40. The van der Waals surface area contributed by atoms with Crippen LogP contribution in [0.5, 0.6) is 0 Å². The van der Waals surface area contributed by atoms with Crippen molar-refractivity contribution in [1.82, 2.24) is 0 Å². The van der Waals surface area contributed by atoms with Crippen LogP contribution in [0.4, 0.5) is 0 Å². The Morgan fingerprint density at radius 1 is 1.14 bits per heavy atom. The number of aliphatic hydroxyl groups excluding tert-OH is 2. The molecular formula is C23H39NO4. The quantitative estimate of drug-likeness (QED) is 0.395. The summed E-state index contributed by atoms with van der Waals surface area (Å²) >= 11 is 0. The van der Waals surface area contributed by atoms with Gasteiger partial charge in [0.05, 0.1) is 24.2 Å². The molecule has 160 valence electrons. The molecule has 0 amide bonds. The summed E-state index contributed by atoms with van der Waals surface area (Å²) in [4.78, 5) is 10.6. The molecule has 5 heteroatoms. The van der Waals surface area contributed by atoms with E-state index in [0.29, 0.717) is 12.8 Å². The van der Waals surface area contributed by atoms with E-state index in [1.807, 2.05) is 0 Å². The zero-order valence-electron chi connectivity index (χ0n) is 17.5. The number of nitriles is 1. The summed E-state index contributed by atoms with van der Waals surface area (Å²) in [5.74, 6) is -0.412. The van der Waals surface area contributed by atoms with Crippen LogP contribution in [-0.2, 0) is 4.79 Å². The smallest absolute Gasteiger partial charge is 0.303 e. The van der Waals surface area contributed by atoms with Gasteiger partial charge in [-0.25, -0.2) is 0 Å². The van der Waals surface area contributed by atoms with Gasteiger partial charge in [0.25, 0.3) is 0 Å². The van der Waals surface area contributed by atoms with Gasteiger partial charge < -0.3 is 15.3 Å². The van der Waals surface area contributed by atoms with Crippen molar-refractivity contribution in [2.45, 2.75) is 109 Å². The molecule has 2 aliphatic rings. The van der Waals surface area contributed by atoms with Gasteiger partial charge in [-0.2, -0.15) is 5.26 Å². The Hall–Kier alpha value is -1.12. The number of nitrogens with zero attached hydrogens (tertiary/aromatic N) is 1. The minimum Gasteiger partial charge on any atom is -0.481 e. The number of rotatable bonds is 13. The van der Waals surface area contributed by atoms with Crippen LogP contribution in [-0.4, -0.2) is 33.5 Å². The molecule has 3 N–H and O–H groups in total. The van der Waals surface area contributed by atoms with Crippen LogP contribution in [0.3, 0.4) is 0 Å². The molecule has 2 rings (SSSR count). The Labute approximate surface area is 170 Å². The van der Waals surface area contributed by atoms with E-state index in [4.69, 9.17) is 5.11 Å². The number of aliphatic hydroxyl groups is 2. The zero-order chi connectivity index (χ0) is 20.6. The highest BCUT2D eigenvalue weighted by molar-refractivity contribution is 5.66. The molecule has 0 heterocycles. The molecule has 0 radical (unpaired) electrons. The second-order valence-corrected chi connectivity index (χ2v) is 9.23. The van der Waals surface area contributed by atoms with E-state index >= 15 is 0 Å². The topological polar surface area (TPSA) is 102 Å². The Morgan fingerprint density at radius 3 is 2.39 bits per heavy atom. The number of hydrogen-bond acceptors (Lipinski definition) is 4. The van der Waals surface area contributed by atoms with Crippen molar-refractivity contribution in [1.29, 1.82) is 5.26 Å². The zero-order valence-corrected chi connectivity index (χ0v) is 17.5. The van der Waals surface area contributed by atoms with E-state index < -0.39 is 12.1 Å². The van der Waals surface area contributed by atoms with Crippen molar-refractivity contribution < 1.29 is 20.1 Å². The number of carboxylic acid groups (broad SMARTS) is 1. The lowest BCUT2D eigenvalue weighted by Gasteiger charge is -2.45. The maximum atomic E-state index is 10.6. The molecule has 2 unspecified atom stereocenters. The number of aliphatic carboxylic acids is 1. The van der Waals surface area contributed by atoms with Crippen molar-refractivity contribution in [3.8, 4) is 6.07 Å². The monoisotopic (exact) mass is 393 g/mol. The SMILES string of the molecule is CCC1(C(O)CCC[C@H]2[C@H](O)CC(C#N)[C@@H]2CCCCCCC(=O)O)CCC1. The van der Waals surface area contributed by atoms with Crippen molar-refractivity contribution in [2.24, 2.45) is 23.2 Å².